The van der Waals surface area contributed by atoms with Gasteiger partial charge in [0, 0.05) is 43.2 Å². The van der Waals surface area contributed by atoms with Crippen molar-refractivity contribution < 1.29 is 14.3 Å². The highest BCUT2D eigenvalue weighted by Gasteiger charge is 2.54. The number of carbonyl (C=O) groups excluding carboxylic acids is 1. The molecule has 0 bridgehead atoms. The fourth-order valence-corrected chi connectivity index (χ4v) is 4.58. The van der Waals surface area contributed by atoms with Crippen LogP contribution in [0.1, 0.15) is 22.6 Å². The molecular formula is C15H19N3O3S. The van der Waals surface area contributed by atoms with Crippen molar-refractivity contribution in [2.45, 2.75) is 25.5 Å². The van der Waals surface area contributed by atoms with Crippen LogP contribution in [0.3, 0.4) is 0 Å². The van der Waals surface area contributed by atoms with Gasteiger partial charge in [0.15, 0.2) is 4.96 Å². The standard InChI is InChI=1S/C15H19N3O3S/c1-8-12(18-4-6-22-15(18)16-8)14(19)17-11-9-3-5-21-13(9)10(11)7-20-2/h4,6,9-11,13H,3,5,7H2,1-2H3,(H,17,19)/t9-,10+,11-,13-/m1/s1. The maximum atomic E-state index is 12.7. The van der Waals surface area contributed by atoms with E-state index in [0.29, 0.717) is 18.2 Å². The second-order valence-electron chi connectivity index (χ2n) is 6.01. The molecule has 0 radical (unpaired) electrons. The fraction of sp³-hybridized carbons (Fsp3) is 0.600. The molecule has 2 aromatic rings. The first kappa shape index (κ1) is 14.2. The van der Waals surface area contributed by atoms with Crippen molar-refractivity contribution in [3.63, 3.8) is 0 Å². The first-order chi connectivity index (χ1) is 10.7. The predicted molar refractivity (Wildman–Crippen MR) is 82.3 cm³/mol. The summed E-state index contributed by atoms with van der Waals surface area (Å²) in [5, 5.41) is 5.13. The SMILES string of the molecule is COC[C@H]1[C@H](NC(=O)c2c(C)nc3sccn23)[C@H]2CCO[C@H]21. The van der Waals surface area contributed by atoms with E-state index in [4.69, 9.17) is 9.47 Å². The van der Waals surface area contributed by atoms with Gasteiger partial charge in [-0.2, -0.15) is 0 Å². The van der Waals surface area contributed by atoms with E-state index in [0.717, 1.165) is 23.7 Å². The van der Waals surface area contributed by atoms with Crippen LogP contribution in [0.15, 0.2) is 11.6 Å². The number of nitrogens with zero attached hydrogens (tertiary/aromatic N) is 2. The van der Waals surface area contributed by atoms with Gasteiger partial charge in [0.2, 0.25) is 0 Å². The molecule has 0 aromatic carbocycles. The molecule has 0 unspecified atom stereocenters. The average molecular weight is 321 g/mol. The van der Waals surface area contributed by atoms with Crippen LogP contribution in [-0.2, 0) is 9.47 Å². The number of rotatable bonds is 4. The maximum absolute atomic E-state index is 12.7. The third-order valence-corrected chi connectivity index (χ3v) is 5.59. The van der Waals surface area contributed by atoms with Crippen LogP contribution in [0.5, 0.6) is 0 Å². The Bertz CT molecular complexity index is 710. The molecule has 2 fully saturated rings. The van der Waals surface area contributed by atoms with Crippen molar-refractivity contribution >= 4 is 22.2 Å². The van der Waals surface area contributed by atoms with Gasteiger partial charge in [-0.3, -0.25) is 9.20 Å². The Morgan fingerprint density at radius 3 is 3.32 bits per heavy atom. The summed E-state index contributed by atoms with van der Waals surface area (Å²) in [4.78, 5) is 18.0. The van der Waals surface area contributed by atoms with Crippen LogP contribution in [0.4, 0.5) is 0 Å². The molecule has 0 spiro atoms. The van der Waals surface area contributed by atoms with E-state index in [-0.39, 0.29) is 24.0 Å². The Balaban J connectivity index is 1.56. The van der Waals surface area contributed by atoms with Crippen LogP contribution in [0, 0.1) is 18.8 Å². The first-order valence-corrected chi connectivity index (χ1v) is 8.42. The van der Waals surface area contributed by atoms with E-state index in [2.05, 4.69) is 10.3 Å². The number of aryl methyl sites for hydroxylation is 1. The van der Waals surface area contributed by atoms with E-state index < -0.39 is 0 Å². The number of thiazole rings is 1. The molecule has 1 aliphatic carbocycles. The van der Waals surface area contributed by atoms with Gasteiger partial charge >= 0.3 is 0 Å². The third-order valence-electron chi connectivity index (χ3n) is 4.84. The van der Waals surface area contributed by atoms with Gasteiger partial charge in [0.25, 0.3) is 5.91 Å². The molecule has 7 heteroatoms. The van der Waals surface area contributed by atoms with Gasteiger partial charge in [0.05, 0.1) is 18.4 Å². The minimum absolute atomic E-state index is 0.0557. The van der Waals surface area contributed by atoms with Crippen LogP contribution in [0.25, 0.3) is 4.96 Å². The molecule has 2 aromatic heterocycles. The molecule has 3 heterocycles. The zero-order valence-corrected chi connectivity index (χ0v) is 13.4. The summed E-state index contributed by atoms with van der Waals surface area (Å²) in [5.41, 5.74) is 1.40. The second kappa shape index (κ2) is 5.33. The maximum Gasteiger partial charge on any atom is 0.270 e. The zero-order chi connectivity index (χ0) is 15.3. The quantitative estimate of drug-likeness (QED) is 0.926. The van der Waals surface area contributed by atoms with E-state index in [1.807, 2.05) is 22.9 Å². The van der Waals surface area contributed by atoms with Crippen molar-refractivity contribution in [1.82, 2.24) is 14.7 Å². The summed E-state index contributed by atoms with van der Waals surface area (Å²) in [7, 11) is 1.69. The Morgan fingerprint density at radius 2 is 2.50 bits per heavy atom. The number of carbonyl (C=O) groups is 1. The van der Waals surface area contributed by atoms with E-state index in [1.54, 1.807) is 7.11 Å². The second-order valence-corrected chi connectivity index (χ2v) is 6.88. The van der Waals surface area contributed by atoms with Crippen molar-refractivity contribution in [3.05, 3.63) is 23.0 Å². The topological polar surface area (TPSA) is 64.9 Å². The van der Waals surface area contributed by atoms with E-state index >= 15 is 0 Å². The lowest BCUT2D eigenvalue weighted by molar-refractivity contribution is -0.0810. The van der Waals surface area contributed by atoms with Gasteiger partial charge in [0.1, 0.15) is 5.69 Å². The molecule has 1 saturated heterocycles. The van der Waals surface area contributed by atoms with Gasteiger partial charge in [-0.25, -0.2) is 4.98 Å². The largest absolute Gasteiger partial charge is 0.384 e. The van der Waals surface area contributed by atoms with E-state index in [1.165, 1.54) is 11.3 Å². The molecule has 118 valence electrons. The normalized spacial score (nSPS) is 30.3. The number of ether oxygens (including phenoxy) is 2. The number of fused-ring (bicyclic) bond motifs is 2. The van der Waals surface area contributed by atoms with Gasteiger partial charge in [-0.15, -0.1) is 11.3 Å². The number of methoxy groups -OCH3 is 1. The molecule has 2 aliphatic rings. The zero-order valence-electron chi connectivity index (χ0n) is 12.6. The molecule has 1 saturated carbocycles. The van der Waals surface area contributed by atoms with Gasteiger partial charge in [-0.1, -0.05) is 0 Å². The molecule has 1 aliphatic heterocycles. The van der Waals surface area contributed by atoms with Gasteiger partial charge < -0.3 is 14.8 Å². The number of imidazole rings is 1. The third kappa shape index (κ3) is 2.00. The molecular weight excluding hydrogens is 302 g/mol. The summed E-state index contributed by atoms with van der Waals surface area (Å²) < 4.78 is 12.9. The van der Waals surface area contributed by atoms with Crippen LogP contribution >= 0.6 is 11.3 Å². The molecule has 4 rings (SSSR count). The Labute approximate surface area is 132 Å². The first-order valence-electron chi connectivity index (χ1n) is 7.54. The summed E-state index contributed by atoms with van der Waals surface area (Å²) in [5.74, 6) is 0.600. The Hall–Kier alpha value is -1.44. The molecule has 1 amide bonds. The van der Waals surface area contributed by atoms with Crippen molar-refractivity contribution in [2.24, 2.45) is 11.8 Å². The lowest BCUT2D eigenvalue weighted by Gasteiger charge is -2.47. The van der Waals surface area contributed by atoms with Gasteiger partial charge in [-0.05, 0) is 13.3 Å². The highest BCUT2D eigenvalue weighted by atomic mass is 32.1. The molecule has 4 atom stereocenters. The van der Waals surface area contributed by atoms with Crippen molar-refractivity contribution in [1.29, 1.82) is 0 Å². The minimum Gasteiger partial charge on any atom is -0.384 e. The fourth-order valence-electron chi connectivity index (χ4n) is 3.82. The van der Waals surface area contributed by atoms with Crippen LogP contribution in [-0.4, -0.2) is 47.8 Å². The lowest BCUT2D eigenvalue weighted by atomic mass is 9.67. The highest BCUT2D eigenvalue weighted by molar-refractivity contribution is 7.15. The Morgan fingerprint density at radius 1 is 1.64 bits per heavy atom. The van der Waals surface area contributed by atoms with Crippen molar-refractivity contribution in [2.75, 3.05) is 20.3 Å². The summed E-state index contributed by atoms with van der Waals surface area (Å²) >= 11 is 1.53. The number of hydrogen-bond donors (Lipinski definition) is 1. The molecule has 22 heavy (non-hydrogen) atoms. The summed E-state index contributed by atoms with van der Waals surface area (Å²) in [6.45, 7) is 3.28. The number of aromatic nitrogens is 2. The summed E-state index contributed by atoms with van der Waals surface area (Å²) in [6, 6.07) is 0.128. The predicted octanol–water partition coefficient (Wildman–Crippen LogP) is 1.48. The highest BCUT2D eigenvalue weighted by Crippen LogP contribution is 2.43. The summed E-state index contributed by atoms with van der Waals surface area (Å²) in [6.07, 6.45) is 3.14. The number of amides is 1. The van der Waals surface area contributed by atoms with Crippen LogP contribution in [0.2, 0.25) is 0 Å². The van der Waals surface area contributed by atoms with Crippen LogP contribution < -0.4 is 5.32 Å². The van der Waals surface area contributed by atoms with Crippen molar-refractivity contribution in [3.8, 4) is 0 Å². The average Bonchev–Trinajstić information content (AvgIpc) is 3.16. The monoisotopic (exact) mass is 321 g/mol. The molecule has 1 N–H and O–H groups in total. The number of hydrogen-bond acceptors (Lipinski definition) is 5. The molecule has 6 nitrogen and oxygen atoms in total. The van der Waals surface area contributed by atoms with E-state index in [9.17, 15) is 4.79 Å². The minimum atomic E-state index is -0.0557. The number of nitrogens with one attached hydrogen (secondary N) is 1. The smallest absolute Gasteiger partial charge is 0.270 e. The Kier molecular flexibility index (Phi) is 3.43. The lowest BCUT2D eigenvalue weighted by Crippen LogP contribution is -2.62.